The van der Waals surface area contributed by atoms with Crippen LogP contribution in [0, 0.1) is 0 Å². The number of thiazole rings is 1. The first kappa shape index (κ1) is 17.1. The lowest BCUT2D eigenvalue weighted by Gasteiger charge is -2.16. The number of ketones is 1. The predicted octanol–water partition coefficient (Wildman–Crippen LogP) is 2.44. The van der Waals surface area contributed by atoms with Gasteiger partial charge in [0.05, 0.1) is 0 Å². The maximum absolute atomic E-state index is 12.3. The third kappa shape index (κ3) is 4.61. The van der Waals surface area contributed by atoms with E-state index in [9.17, 15) is 9.59 Å². The van der Waals surface area contributed by atoms with Crippen molar-refractivity contribution in [3.63, 3.8) is 0 Å². The summed E-state index contributed by atoms with van der Waals surface area (Å²) in [7, 11) is 5.30. The zero-order valence-corrected chi connectivity index (χ0v) is 14.1. The second kappa shape index (κ2) is 7.85. The summed E-state index contributed by atoms with van der Waals surface area (Å²) in [6, 6.07) is 7.42. The Morgan fingerprint density at radius 2 is 2.00 bits per heavy atom. The molecule has 0 fully saturated rings. The minimum atomic E-state index is -0.847. The molecule has 2 aromatic rings. The molecule has 6 nitrogen and oxygen atoms in total. The average Bonchev–Trinajstić information content (AvgIpc) is 3.07. The summed E-state index contributed by atoms with van der Waals surface area (Å²) >= 11 is 1.25. The van der Waals surface area contributed by atoms with E-state index in [4.69, 9.17) is 4.74 Å². The summed E-state index contributed by atoms with van der Waals surface area (Å²) in [5, 5.41) is 4.87. The first-order valence-corrected chi connectivity index (χ1v) is 7.93. The third-order valence-electron chi connectivity index (χ3n) is 3.27. The molecule has 0 aliphatic heterocycles. The van der Waals surface area contributed by atoms with Gasteiger partial charge in [0.2, 0.25) is 0 Å². The number of carbonyl (C=O) groups excluding carboxylic acids is 2. The van der Waals surface area contributed by atoms with Crippen LogP contribution in [-0.4, -0.2) is 44.0 Å². The summed E-state index contributed by atoms with van der Waals surface area (Å²) in [6.45, 7) is 0. The van der Waals surface area contributed by atoms with Crippen molar-refractivity contribution in [2.24, 2.45) is 0 Å². The van der Waals surface area contributed by atoms with E-state index >= 15 is 0 Å². The molecule has 0 radical (unpaired) electrons. The van der Waals surface area contributed by atoms with Gasteiger partial charge in [-0.1, -0.05) is 0 Å². The summed E-state index contributed by atoms with van der Waals surface area (Å²) in [4.78, 5) is 30.2. The zero-order chi connectivity index (χ0) is 16.8. The summed E-state index contributed by atoms with van der Waals surface area (Å²) < 4.78 is 5.15. The topological polar surface area (TPSA) is 71.5 Å². The van der Waals surface area contributed by atoms with Gasteiger partial charge in [-0.15, -0.1) is 11.3 Å². The van der Waals surface area contributed by atoms with E-state index in [1.165, 1.54) is 18.4 Å². The first-order chi connectivity index (χ1) is 11.0. The first-order valence-electron chi connectivity index (χ1n) is 7.05. The quantitative estimate of drug-likeness (QED) is 0.788. The van der Waals surface area contributed by atoms with E-state index in [0.29, 0.717) is 10.7 Å². The Morgan fingerprint density at radius 1 is 1.30 bits per heavy atom. The highest BCUT2D eigenvalue weighted by molar-refractivity contribution is 7.11. The van der Waals surface area contributed by atoms with Crippen LogP contribution in [0.2, 0.25) is 0 Å². The Hall–Kier alpha value is -2.25. The van der Waals surface area contributed by atoms with Crippen LogP contribution in [0.4, 0.5) is 11.4 Å². The molecule has 0 saturated heterocycles. The normalized spacial score (nSPS) is 11.8. The van der Waals surface area contributed by atoms with Crippen molar-refractivity contribution in [3.05, 3.63) is 40.8 Å². The van der Waals surface area contributed by atoms with Crippen LogP contribution in [-0.2, 0) is 9.53 Å². The van der Waals surface area contributed by atoms with Gasteiger partial charge in [0.25, 0.3) is 5.91 Å². The second-order valence-electron chi connectivity index (χ2n) is 5.12. The van der Waals surface area contributed by atoms with Crippen LogP contribution in [0.15, 0.2) is 35.8 Å². The van der Waals surface area contributed by atoms with Crippen molar-refractivity contribution in [3.8, 4) is 0 Å². The fourth-order valence-corrected chi connectivity index (χ4v) is 2.55. The van der Waals surface area contributed by atoms with E-state index in [2.05, 4.69) is 10.3 Å². The molecule has 0 aliphatic carbocycles. The molecule has 23 heavy (non-hydrogen) atoms. The maximum Gasteiger partial charge on any atom is 0.253 e. The molecule has 1 amide bonds. The van der Waals surface area contributed by atoms with Crippen molar-refractivity contribution in [1.82, 2.24) is 4.98 Å². The van der Waals surface area contributed by atoms with Gasteiger partial charge in [0.1, 0.15) is 6.10 Å². The second-order valence-corrected chi connectivity index (χ2v) is 6.01. The summed E-state index contributed by atoms with van der Waals surface area (Å²) in [5.74, 6) is -0.556. The summed E-state index contributed by atoms with van der Waals surface area (Å²) in [5.41, 5.74) is 1.69. The number of Topliss-reactive ketones (excluding diaryl/α,β-unsaturated/α-hetero) is 1. The van der Waals surface area contributed by atoms with E-state index in [1.807, 2.05) is 43.3 Å². The van der Waals surface area contributed by atoms with Gasteiger partial charge >= 0.3 is 0 Å². The Labute approximate surface area is 139 Å². The number of hydrogen-bond acceptors (Lipinski definition) is 6. The van der Waals surface area contributed by atoms with Crippen LogP contribution < -0.4 is 10.2 Å². The van der Waals surface area contributed by atoms with Gasteiger partial charge in [-0.25, -0.2) is 4.98 Å². The number of rotatable bonds is 7. The number of nitrogens with one attached hydrogen (secondary N) is 1. The van der Waals surface area contributed by atoms with Gasteiger partial charge in [-0.05, 0) is 24.3 Å². The standard InChI is InChI=1S/C16H19N3O3S/c1-19(2)12-6-4-11(5-7-12)18-15(21)14(22-3)10-13(20)16-17-8-9-23-16/h4-9,14H,10H2,1-3H3,(H,18,21)/t14-/m1/s1. The lowest BCUT2D eigenvalue weighted by atomic mass is 10.1. The van der Waals surface area contributed by atoms with Gasteiger partial charge in [0.15, 0.2) is 10.8 Å². The number of hydrogen-bond donors (Lipinski definition) is 1. The van der Waals surface area contributed by atoms with Crippen LogP contribution in [0.3, 0.4) is 0 Å². The Kier molecular flexibility index (Phi) is 5.84. The molecule has 0 aliphatic rings. The van der Waals surface area contributed by atoms with Crippen LogP contribution >= 0.6 is 11.3 Å². The summed E-state index contributed by atoms with van der Waals surface area (Å²) in [6.07, 6.45) is 0.678. The number of anilines is 2. The Balaban J connectivity index is 1.98. The molecule has 0 saturated carbocycles. The number of aromatic nitrogens is 1. The van der Waals surface area contributed by atoms with Crippen molar-refractivity contribution >= 4 is 34.4 Å². The zero-order valence-electron chi connectivity index (χ0n) is 13.3. The SMILES string of the molecule is CO[C@H](CC(=O)c1nccs1)C(=O)Nc1ccc(N(C)C)cc1. The minimum absolute atomic E-state index is 0.0361. The lowest BCUT2D eigenvalue weighted by Crippen LogP contribution is -2.31. The number of amides is 1. The molecule has 1 atom stereocenters. The average molecular weight is 333 g/mol. The smallest absolute Gasteiger partial charge is 0.253 e. The highest BCUT2D eigenvalue weighted by atomic mass is 32.1. The van der Waals surface area contributed by atoms with Crippen molar-refractivity contribution < 1.29 is 14.3 Å². The monoisotopic (exact) mass is 333 g/mol. The van der Waals surface area contributed by atoms with Crippen molar-refractivity contribution in [2.45, 2.75) is 12.5 Å². The van der Waals surface area contributed by atoms with Gasteiger partial charge < -0.3 is 15.0 Å². The van der Waals surface area contributed by atoms with Crippen LogP contribution in [0.1, 0.15) is 16.2 Å². The molecule has 0 bridgehead atoms. The van der Waals surface area contributed by atoms with Crippen molar-refractivity contribution in [2.75, 3.05) is 31.4 Å². The lowest BCUT2D eigenvalue weighted by molar-refractivity contribution is -0.125. The van der Waals surface area contributed by atoms with Crippen LogP contribution in [0.25, 0.3) is 0 Å². The van der Waals surface area contributed by atoms with E-state index in [-0.39, 0.29) is 18.1 Å². The highest BCUT2D eigenvalue weighted by Crippen LogP contribution is 2.17. The van der Waals surface area contributed by atoms with E-state index < -0.39 is 6.10 Å². The predicted molar refractivity (Wildman–Crippen MR) is 91.3 cm³/mol. The third-order valence-corrected chi connectivity index (χ3v) is 4.08. The highest BCUT2D eigenvalue weighted by Gasteiger charge is 2.23. The Bertz CT molecular complexity index is 654. The molecule has 1 aromatic carbocycles. The van der Waals surface area contributed by atoms with Gasteiger partial charge in [0, 0.05) is 50.6 Å². The molecule has 1 N–H and O–H groups in total. The Morgan fingerprint density at radius 3 is 2.52 bits per heavy atom. The molecule has 0 spiro atoms. The molecular weight excluding hydrogens is 314 g/mol. The number of nitrogens with zero attached hydrogens (tertiary/aromatic N) is 2. The molecule has 1 aromatic heterocycles. The van der Waals surface area contributed by atoms with Gasteiger partial charge in [-0.3, -0.25) is 9.59 Å². The molecule has 122 valence electrons. The van der Waals surface area contributed by atoms with E-state index in [1.54, 1.807) is 11.6 Å². The fourth-order valence-electron chi connectivity index (χ4n) is 1.97. The fraction of sp³-hybridized carbons (Fsp3) is 0.312. The molecule has 0 unspecified atom stereocenters. The van der Waals surface area contributed by atoms with Crippen LogP contribution in [0.5, 0.6) is 0 Å². The number of ether oxygens (including phenoxy) is 1. The largest absolute Gasteiger partial charge is 0.378 e. The van der Waals surface area contributed by atoms with Gasteiger partial charge in [-0.2, -0.15) is 0 Å². The molecule has 2 rings (SSSR count). The minimum Gasteiger partial charge on any atom is -0.378 e. The number of carbonyl (C=O) groups is 2. The molecular formula is C16H19N3O3S. The maximum atomic E-state index is 12.3. The van der Waals surface area contributed by atoms with E-state index in [0.717, 1.165) is 5.69 Å². The number of methoxy groups -OCH3 is 1. The van der Waals surface area contributed by atoms with Crippen molar-refractivity contribution in [1.29, 1.82) is 0 Å². The molecule has 7 heteroatoms. The molecule has 1 heterocycles. The number of benzene rings is 1.